The highest BCUT2D eigenvalue weighted by Crippen LogP contribution is 2.70. The van der Waals surface area contributed by atoms with Crippen LogP contribution in [0.3, 0.4) is 0 Å². The van der Waals surface area contributed by atoms with Crippen LogP contribution in [0.5, 0.6) is 0 Å². The number of ether oxygens (including phenoxy) is 4. The molecule has 5 fully saturated rings. The summed E-state index contributed by atoms with van der Waals surface area (Å²) in [6.07, 6.45) is 20.3. The summed E-state index contributed by atoms with van der Waals surface area (Å²) >= 11 is 0. The summed E-state index contributed by atoms with van der Waals surface area (Å²) in [6, 6.07) is 0.160. The number of carbonyl (C=O) groups is 1. The minimum atomic E-state index is -0.791. The Kier molecular flexibility index (Phi) is 8.74. The van der Waals surface area contributed by atoms with Gasteiger partial charge in [-0.3, -0.25) is 4.90 Å². The number of aliphatic hydroxyl groups is 1. The molecule has 41 heavy (non-hydrogen) atoms. The van der Waals surface area contributed by atoms with Crippen molar-refractivity contribution in [3.8, 4) is 0 Å². The van der Waals surface area contributed by atoms with Crippen LogP contribution in [0.15, 0.2) is 35.8 Å². The number of piperidine rings is 1. The number of unbranched alkanes of at least 4 members (excludes halogenated alkanes) is 8. The van der Waals surface area contributed by atoms with Gasteiger partial charge in [0.15, 0.2) is 5.76 Å². The quantitative estimate of drug-likeness (QED) is 0.0983. The van der Waals surface area contributed by atoms with E-state index in [1.165, 1.54) is 57.8 Å². The summed E-state index contributed by atoms with van der Waals surface area (Å²) < 4.78 is 23.2. The van der Waals surface area contributed by atoms with Gasteiger partial charge in [0.05, 0.1) is 17.6 Å². The minimum absolute atomic E-state index is 0.0625. The van der Waals surface area contributed by atoms with Crippen molar-refractivity contribution in [1.29, 1.82) is 0 Å². The van der Waals surface area contributed by atoms with Crippen LogP contribution in [0.25, 0.3) is 0 Å². The lowest BCUT2D eigenvalue weighted by molar-refractivity contribution is -0.240. The molecular weight excluding hydrogens is 518 g/mol. The second-order valence-corrected chi connectivity index (χ2v) is 13.6. The molecule has 6 aliphatic rings. The van der Waals surface area contributed by atoms with Crippen molar-refractivity contribution in [2.45, 2.75) is 121 Å². The Bertz CT molecular complexity index is 1030. The van der Waals surface area contributed by atoms with Gasteiger partial charge in [-0.1, -0.05) is 70.9 Å². The van der Waals surface area contributed by atoms with Crippen LogP contribution in [0, 0.1) is 23.2 Å². The van der Waals surface area contributed by atoms with E-state index in [1.807, 2.05) is 6.08 Å². The third-order valence-corrected chi connectivity index (χ3v) is 11.1. The Labute approximate surface area is 246 Å². The van der Waals surface area contributed by atoms with Crippen molar-refractivity contribution in [2.75, 3.05) is 26.5 Å². The van der Waals surface area contributed by atoms with Gasteiger partial charge in [-0.15, -0.1) is 0 Å². The van der Waals surface area contributed by atoms with Crippen molar-refractivity contribution in [2.24, 2.45) is 23.2 Å². The first kappa shape index (κ1) is 29.1. The average Bonchev–Trinajstić information content (AvgIpc) is 3.71. The largest absolute Gasteiger partial charge is 0.511 e. The second kappa shape index (κ2) is 12.3. The predicted octanol–water partition coefficient (Wildman–Crippen LogP) is 7.01. The highest BCUT2D eigenvalue weighted by atomic mass is 16.8. The first-order valence-electron chi connectivity index (χ1n) is 16.6. The number of likely N-dealkylation sites (tertiary alicyclic amines) is 1. The lowest BCUT2D eigenvalue weighted by Crippen LogP contribution is -2.75. The molecule has 0 radical (unpaired) electrons. The molecule has 2 heterocycles. The third kappa shape index (κ3) is 5.46. The number of allylic oxidation sites excluding steroid dienone is 3. The van der Waals surface area contributed by atoms with E-state index in [9.17, 15) is 9.90 Å². The second-order valence-electron chi connectivity index (χ2n) is 13.6. The highest BCUT2D eigenvalue weighted by Gasteiger charge is 2.76. The maximum Gasteiger partial charge on any atom is 0.511 e. The summed E-state index contributed by atoms with van der Waals surface area (Å²) in [7, 11) is 0. The lowest BCUT2D eigenvalue weighted by Gasteiger charge is -2.66. The number of nitrogens with zero attached hydrogens (tertiary/aromatic N) is 1. The van der Waals surface area contributed by atoms with Crippen LogP contribution in [-0.4, -0.2) is 60.4 Å². The van der Waals surface area contributed by atoms with Crippen molar-refractivity contribution in [1.82, 2.24) is 4.90 Å². The standard InChI is InChI=1S/C34H51NO6/c1-3-4-5-6-7-8-9-10-11-20-38-32(36)40-23-39-27-15-14-26-21-28-34(37)17-16-24(2)31-33(34,29(26)30(27)41-31)18-19-35(28)22-25-12-13-25/h14-15,25-26,28-29,31,37H,2-13,16-23H2,1H3/t26?,28?,29?,31-,33-,34+/m0/s1. The molecule has 228 valence electrons. The first-order chi connectivity index (χ1) is 20.0. The number of rotatable bonds is 15. The smallest absolute Gasteiger partial charge is 0.485 e. The summed E-state index contributed by atoms with van der Waals surface area (Å²) in [5.74, 6) is 2.57. The molecule has 4 aliphatic carbocycles. The maximum absolute atomic E-state index is 12.5. The molecule has 0 aromatic carbocycles. The van der Waals surface area contributed by atoms with E-state index in [2.05, 4.69) is 24.5 Å². The molecule has 7 heteroatoms. The van der Waals surface area contributed by atoms with E-state index in [4.69, 9.17) is 18.9 Å². The van der Waals surface area contributed by atoms with E-state index in [-0.39, 0.29) is 30.3 Å². The Morgan fingerprint density at radius 3 is 2.61 bits per heavy atom. The van der Waals surface area contributed by atoms with Crippen LogP contribution in [0.4, 0.5) is 4.79 Å². The molecule has 2 aliphatic heterocycles. The normalized spacial score (nSPS) is 35.2. The van der Waals surface area contributed by atoms with Gasteiger partial charge in [0.2, 0.25) is 6.79 Å². The molecule has 1 N–H and O–H groups in total. The summed E-state index contributed by atoms with van der Waals surface area (Å²) in [6.45, 7) is 8.91. The van der Waals surface area contributed by atoms with Gasteiger partial charge in [-0.25, -0.2) is 4.79 Å². The molecule has 3 unspecified atom stereocenters. The van der Waals surface area contributed by atoms with Gasteiger partial charge in [-0.2, -0.15) is 0 Å². The zero-order valence-corrected chi connectivity index (χ0v) is 25.1. The maximum atomic E-state index is 12.5. The fourth-order valence-electron chi connectivity index (χ4n) is 8.86. The number of hydrogen-bond acceptors (Lipinski definition) is 7. The summed E-state index contributed by atoms with van der Waals surface area (Å²) in [5.41, 5.74) is -0.0807. The molecule has 2 saturated heterocycles. The Hall–Kier alpha value is -1.99. The molecular formula is C34H51NO6. The van der Waals surface area contributed by atoms with Crippen LogP contribution >= 0.6 is 0 Å². The van der Waals surface area contributed by atoms with Gasteiger partial charge in [0.25, 0.3) is 0 Å². The molecule has 6 rings (SSSR count). The Morgan fingerprint density at radius 1 is 1.10 bits per heavy atom. The third-order valence-electron chi connectivity index (χ3n) is 11.1. The number of hydrogen-bond donors (Lipinski definition) is 1. The summed E-state index contributed by atoms with van der Waals surface area (Å²) in [4.78, 5) is 14.8. The molecule has 0 aromatic heterocycles. The molecule has 0 aromatic rings. The fourth-order valence-corrected chi connectivity index (χ4v) is 8.86. The molecule has 0 amide bonds. The SMILES string of the molecule is C=C1CC[C@@]2(O)C3CC4C=CC(OCOC(=O)OCCCCCCCCCCC)=C5O[C@@H]1[C@]2(CCN3CC1CC1)C54. The van der Waals surface area contributed by atoms with Crippen molar-refractivity contribution in [3.05, 3.63) is 35.8 Å². The zero-order chi connectivity index (χ0) is 28.5. The van der Waals surface area contributed by atoms with Gasteiger partial charge < -0.3 is 24.1 Å². The lowest BCUT2D eigenvalue weighted by atomic mass is 9.44. The van der Waals surface area contributed by atoms with E-state index in [0.717, 1.165) is 68.9 Å². The van der Waals surface area contributed by atoms with Crippen molar-refractivity contribution < 1.29 is 28.8 Å². The minimum Gasteiger partial charge on any atom is -0.485 e. The van der Waals surface area contributed by atoms with Gasteiger partial charge in [0.1, 0.15) is 11.9 Å². The first-order valence-corrected chi connectivity index (χ1v) is 16.6. The summed E-state index contributed by atoms with van der Waals surface area (Å²) in [5, 5.41) is 12.5. The Morgan fingerprint density at radius 2 is 1.85 bits per heavy atom. The zero-order valence-electron chi connectivity index (χ0n) is 25.1. The van der Waals surface area contributed by atoms with E-state index in [1.54, 1.807) is 0 Å². The molecule has 7 nitrogen and oxygen atoms in total. The molecule has 1 spiro atoms. The molecule has 6 atom stereocenters. The van der Waals surface area contributed by atoms with Crippen LogP contribution in [-0.2, 0) is 18.9 Å². The molecule has 2 bridgehead atoms. The highest BCUT2D eigenvalue weighted by molar-refractivity contribution is 5.59. The number of carbonyl (C=O) groups excluding carboxylic acids is 1. The monoisotopic (exact) mass is 569 g/mol. The van der Waals surface area contributed by atoms with Crippen LogP contribution < -0.4 is 0 Å². The topological polar surface area (TPSA) is 77.5 Å². The van der Waals surface area contributed by atoms with Crippen molar-refractivity contribution in [3.63, 3.8) is 0 Å². The van der Waals surface area contributed by atoms with E-state index >= 15 is 0 Å². The van der Waals surface area contributed by atoms with Crippen LogP contribution in [0.1, 0.15) is 103 Å². The van der Waals surface area contributed by atoms with Gasteiger partial charge in [0, 0.05) is 18.5 Å². The van der Waals surface area contributed by atoms with Crippen LogP contribution in [0.2, 0.25) is 0 Å². The fraction of sp³-hybridized carbons (Fsp3) is 0.794. The Balaban J connectivity index is 1.01. The average molecular weight is 570 g/mol. The van der Waals surface area contributed by atoms with Gasteiger partial charge in [-0.05, 0) is 75.0 Å². The van der Waals surface area contributed by atoms with Gasteiger partial charge >= 0.3 is 6.16 Å². The van der Waals surface area contributed by atoms with E-state index < -0.39 is 11.8 Å². The predicted molar refractivity (Wildman–Crippen MR) is 157 cm³/mol. The molecule has 3 saturated carbocycles. The van der Waals surface area contributed by atoms with E-state index in [0.29, 0.717) is 18.3 Å². The van der Waals surface area contributed by atoms with Crippen molar-refractivity contribution >= 4 is 6.16 Å².